The van der Waals surface area contributed by atoms with Crippen LogP contribution in [0.4, 0.5) is 18.9 Å². The molecule has 26 heavy (non-hydrogen) atoms. The topological polar surface area (TPSA) is 55.4 Å². The molecule has 0 saturated heterocycles. The number of nitrogens with one attached hydrogen (secondary N) is 1. The zero-order chi connectivity index (χ0) is 19.2. The minimum absolute atomic E-state index is 0.0540. The highest BCUT2D eigenvalue weighted by Crippen LogP contribution is 2.29. The van der Waals surface area contributed by atoms with Gasteiger partial charge in [-0.15, -0.1) is 0 Å². The molecule has 2 aromatic rings. The van der Waals surface area contributed by atoms with Gasteiger partial charge >= 0.3 is 12.1 Å². The second kappa shape index (κ2) is 8.51. The van der Waals surface area contributed by atoms with Crippen molar-refractivity contribution >= 4 is 17.6 Å². The summed E-state index contributed by atoms with van der Waals surface area (Å²) in [6, 6.07) is 13.4. The van der Waals surface area contributed by atoms with Crippen molar-refractivity contribution in [3.8, 4) is 0 Å². The summed E-state index contributed by atoms with van der Waals surface area (Å²) in [5, 5.41) is 2.38. The second-order valence-corrected chi connectivity index (χ2v) is 5.80. The second-order valence-electron chi connectivity index (χ2n) is 5.80. The van der Waals surface area contributed by atoms with Crippen LogP contribution in [0.5, 0.6) is 0 Å². The van der Waals surface area contributed by atoms with Gasteiger partial charge in [-0.25, -0.2) is 0 Å². The highest BCUT2D eigenvalue weighted by Gasteiger charge is 2.30. The highest BCUT2D eigenvalue weighted by atomic mass is 19.4. The van der Waals surface area contributed by atoms with Crippen LogP contribution in [0, 0.1) is 0 Å². The van der Waals surface area contributed by atoms with E-state index in [1.54, 1.807) is 0 Å². The van der Waals surface area contributed by atoms with Crippen LogP contribution >= 0.6 is 0 Å². The number of halogens is 3. The molecular formula is C19H18F3NO3. The number of hydrogen-bond donors (Lipinski definition) is 1. The predicted octanol–water partition coefficient (Wildman–Crippen LogP) is 4.38. The number of hydrogen-bond acceptors (Lipinski definition) is 3. The summed E-state index contributed by atoms with van der Waals surface area (Å²) in [5.41, 5.74) is 0.368. The van der Waals surface area contributed by atoms with Gasteiger partial charge in [0, 0.05) is 5.69 Å². The van der Waals surface area contributed by atoms with Gasteiger partial charge in [0.1, 0.15) is 0 Å². The number of benzene rings is 2. The Morgan fingerprint density at radius 2 is 1.65 bits per heavy atom. The van der Waals surface area contributed by atoms with Crippen LogP contribution in [0.2, 0.25) is 0 Å². The monoisotopic (exact) mass is 365 g/mol. The number of amides is 1. The maximum Gasteiger partial charge on any atom is 0.416 e. The fraction of sp³-hybridized carbons (Fsp3) is 0.263. The predicted molar refractivity (Wildman–Crippen MR) is 90.5 cm³/mol. The molecule has 0 spiro atoms. The first kappa shape index (κ1) is 19.5. The van der Waals surface area contributed by atoms with Gasteiger partial charge in [-0.3, -0.25) is 9.59 Å². The lowest BCUT2D eigenvalue weighted by molar-refractivity contribution is -0.147. The van der Waals surface area contributed by atoms with Crippen LogP contribution in [-0.2, 0) is 20.5 Å². The van der Waals surface area contributed by atoms with Gasteiger partial charge in [0.2, 0.25) is 0 Å². The lowest BCUT2D eigenvalue weighted by Gasteiger charge is -2.12. The summed E-state index contributed by atoms with van der Waals surface area (Å²) in [5.74, 6) is -1.20. The average molecular weight is 365 g/mol. The molecular weight excluding hydrogens is 347 g/mol. The Balaban J connectivity index is 1.78. The summed E-state index contributed by atoms with van der Waals surface area (Å²) < 4.78 is 42.3. The molecule has 0 fully saturated rings. The molecule has 0 aliphatic rings. The Hall–Kier alpha value is -2.83. The first-order valence-corrected chi connectivity index (χ1v) is 7.93. The lowest BCUT2D eigenvalue weighted by atomic mass is 9.98. The van der Waals surface area contributed by atoms with E-state index in [-0.39, 0.29) is 18.0 Å². The Morgan fingerprint density at radius 1 is 1.04 bits per heavy atom. The van der Waals surface area contributed by atoms with Gasteiger partial charge in [-0.05, 0) is 35.7 Å². The first-order chi connectivity index (χ1) is 12.3. The van der Waals surface area contributed by atoms with Gasteiger partial charge in [-0.1, -0.05) is 37.3 Å². The summed E-state index contributed by atoms with van der Waals surface area (Å²) in [4.78, 5) is 23.6. The molecule has 0 aliphatic heterocycles. The first-order valence-electron chi connectivity index (χ1n) is 7.93. The maximum atomic E-state index is 12.5. The molecule has 0 bridgehead atoms. The molecule has 0 aliphatic carbocycles. The molecule has 0 aromatic heterocycles. The normalized spacial score (nSPS) is 12.3. The minimum atomic E-state index is -4.44. The van der Waals surface area contributed by atoms with Crippen LogP contribution in [0.25, 0.3) is 0 Å². The molecule has 4 nitrogen and oxygen atoms in total. The third-order valence-corrected chi connectivity index (χ3v) is 3.70. The minimum Gasteiger partial charge on any atom is -0.456 e. The standard InChI is InChI=1S/C19H18F3NO3/c1-13(14-5-3-2-4-6-14)11-18(25)26-12-17(24)23-16-9-7-15(8-10-16)19(20,21)22/h2-10,13H,11-12H2,1H3,(H,23,24). The van der Waals surface area contributed by atoms with E-state index in [2.05, 4.69) is 5.32 Å². The quantitative estimate of drug-likeness (QED) is 0.773. The highest BCUT2D eigenvalue weighted by molar-refractivity contribution is 5.92. The van der Waals surface area contributed by atoms with Crippen LogP contribution in [0.1, 0.15) is 30.4 Å². The van der Waals surface area contributed by atoms with Crippen molar-refractivity contribution in [2.24, 2.45) is 0 Å². The van der Waals surface area contributed by atoms with Crippen LogP contribution < -0.4 is 5.32 Å². The molecule has 1 unspecified atom stereocenters. The molecule has 1 amide bonds. The number of rotatable bonds is 6. The molecule has 1 atom stereocenters. The largest absolute Gasteiger partial charge is 0.456 e. The van der Waals surface area contributed by atoms with E-state index in [0.717, 1.165) is 29.8 Å². The van der Waals surface area contributed by atoms with Crippen molar-refractivity contribution in [3.63, 3.8) is 0 Å². The van der Waals surface area contributed by atoms with E-state index in [1.165, 1.54) is 0 Å². The molecule has 138 valence electrons. The number of carbonyl (C=O) groups excluding carboxylic acids is 2. The summed E-state index contributed by atoms with van der Waals surface area (Å²) in [6.07, 6.45) is -4.31. The molecule has 0 radical (unpaired) electrons. The van der Waals surface area contributed by atoms with Crippen molar-refractivity contribution in [2.45, 2.75) is 25.4 Å². The Labute approximate surface area is 149 Å². The van der Waals surface area contributed by atoms with Crippen molar-refractivity contribution in [1.29, 1.82) is 0 Å². The zero-order valence-electron chi connectivity index (χ0n) is 14.0. The Morgan fingerprint density at radius 3 is 2.23 bits per heavy atom. The van der Waals surface area contributed by atoms with Crippen molar-refractivity contribution in [1.82, 2.24) is 0 Å². The molecule has 1 N–H and O–H groups in total. The maximum absolute atomic E-state index is 12.5. The Kier molecular flexibility index (Phi) is 6.38. The van der Waals surface area contributed by atoms with Crippen molar-refractivity contribution < 1.29 is 27.5 Å². The van der Waals surface area contributed by atoms with Crippen LogP contribution in [0.3, 0.4) is 0 Å². The molecule has 2 rings (SSSR count). The average Bonchev–Trinajstić information content (AvgIpc) is 2.60. The summed E-state index contributed by atoms with van der Waals surface area (Å²) >= 11 is 0. The van der Waals surface area contributed by atoms with E-state index < -0.39 is 30.2 Å². The van der Waals surface area contributed by atoms with Gasteiger partial charge in [0.05, 0.1) is 12.0 Å². The molecule has 7 heteroatoms. The third kappa shape index (κ3) is 5.91. The SMILES string of the molecule is CC(CC(=O)OCC(=O)Nc1ccc(C(F)(F)F)cc1)c1ccccc1. The van der Waals surface area contributed by atoms with E-state index >= 15 is 0 Å². The van der Waals surface area contributed by atoms with Crippen LogP contribution in [-0.4, -0.2) is 18.5 Å². The van der Waals surface area contributed by atoms with E-state index in [1.807, 2.05) is 37.3 Å². The lowest BCUT2D eigenvalue weighted by Crippen LogP contribution is -2.21. The van der Waals surface area contributed by atoms with Gasteiger partial charge in [-0.2, -0.15) is 13.2 Å². The van der Waals surface area contributed by atoms with Gasteiger partial charge in [0.25, 0.3) is 5.91 Å². The van der Waals surface area contributed by atoms with E-state index in [0.29, 0.717) is 0 Å². The van der Waals surface area contributed by atoms with Gasteiger partial charge < -0.3 is 10.1 Å². The van der Waals surface area contributed by atoms with Crippen molar-refractivity contribution in [3.05, 3.63) is 65.7 Å². The van der Waals surface area contributed by atoms with E-state index in [4.69, 9.17) is 4.74 Å². The van der Waals surface area contributed by atoms with Crippen molar-refractivity contribution in [2.75, 3.05) is 11.9 Å². The number of esters is 1. The third-order valence-electron chi connectivity index (χ3n) is 3.70. The number of carbonyl (C=O) groups is 2. The Bertz CT molecular complexity index is 743. The summed E-state index contributed by atoms with van der Waals surface area (Å²) in [6.45, 7) is 1.38. The van der Waals surface area contributed by atoms with Gasteiger partial charge in [0.15, 0.2) is 6.61 Å². The van der Waals surface area contributed by atoms with Crippen LogP contribution in [0.15, 0.2) is 54.6 Å². The smallest absolute Gasteiger partial charge is 0.416 e. The zero-order valence-corrected chi connectivity index (χ0v) is 14.0. The number of alkyl halides is 3. The number of ether oxygens (including phenoxy) is 1. The van der Waals surface area contributed by atoms with E-state index in [9.17, 15) is 22.8 Å². The molecule has 0 heterocycles. The fourth-order valence-corrected chi connectivity index (χ4v) is 2.29. The molecule has 0 saturated carbocycles. The molecule has 2 aromatic carbocycles. The number of anilines is 1. The summed E-state index contributed by atoms with van der Waals surface area (Å²) in [7, 11) is 0. The fourth-order valence-electron chi connectivity index (χ4n) is 2.29.